The molecular weight excluding hydrogens is 412 g/mol. The van der Waals surface area contributed by atoms with Crippen LogP contribution in [0.3, 0.4) is 0 Å². The van der Waals surface area contributed by atoms with Gasteiger partial charge >= 0.3 is 0 Å². The van der Waals surface area contributed by atoms with E-state index < -0.39 is 6.10 Å². The van der Waals surface area contributed by atoms with E-state index in [0.717, 1.165) is 22.2 Å². The zero-order valence-corrected chi connectivity index (χ0v) is 19.2. The molecule has 0 saturated carbocycles. The minimum absolute atomic E-state index is 0.224. The number of carbonyl (C=O) groups excluding carboxylic acids is 1. The van der Waals surface area contributed by atoms with Crippen molar-refractivity contribution in [2.45, 2.75) is 45.9 Å². The van der Waals surface area contributed by atoms with Crippen molar-refractivity contribution in [3.05, 3.63) is 47.7 Å². The third-order valence-corrected chi connectivity index (χ3v) is 4.52. The number of aryl methyl sites for hydroxylation is 1. The van der Waals surface area contributed by atoms with Gasteiger partial charge in [0.15, 0.2) is 5.82 Å². The van der Waals surface area contributed by atoms with Crippen LogP contribution < -0.4 is 20.8 Å². The molecule has 2 aromatic rings. The van der Waals surface area contributed by atoms with E-state index in [0.29, 0.717) is 38.5 Å². The molecule has 1 aromatic heterocycles. The third-order valence-electron chi connectivity index (χ3n) is 4.52. The van der Waals surface area contributed by atoms with Crippen LogP contribution in [-0.2, 0) is 16.2 Å². The molecule has 1 heterocycles. The molecule has 0 saturated heterocycles. The van der Waals surface area contributed by atoms with E-state index in [1.54, 1.807) is 13.0 Å². The summed E-state index contributed by atoms with van der Waals surface area (Å²) < 4.78 is 5.70. The van der Waals surface area contributed by atoms with Crippen LogP contribution in [0, 0.1) is 6.92 Å². The molecule has 10 nitrogen and oxygen atoms in total. The van der Waals surface area contributed by atoms with Crippen LogP contribution in [0.15, 0.2) is 36.4 Å². The molecule has 176 valence electrons. The lowest BCUT2D eigenvalue weighted by Gasteiger charge is -2.28. The molecule has 0 spiro atoms. The maximum Gasteiger partial charge on any atom is 0.254 e. The van der Waals surface area contributed by atoms with E-state index >= 15 is 0 Å². The van der Waals surface area contributed by atoms with Crippen LogP contribution in [0.1, 0.15) is 32.0 Å². The van der Waals surface area contributed by atoms with Crippen LogP contribution in [0.25, 0.3) is 0 Å². The number of para-hydroxylation sites is 1. The summed E-state index contributed by atoms with van der Waals surface area (Å²) in [7, 11) is 0. The van der Waals surface area contributed by atoms with Gasteiger partial charge in [0.25, 0.3) is 6.41 Å². The van der Waals surface area contributed by atoms with Crippen molar-refractivity contribution in [3.8, 4) is 5.75 Å². The minimum Gasteiger partial charge on any atom is -0.491 e. The molecule has 1 atom stereocenters. The first kappa shape index (κ1) is 25.5. The maximum absolute atomic E-state index is 10.9. The zero-order valence-electron chi connectivity index (χ0n) is 19.2. The number of β-amino-alcohol motifs (C(OH)–C–C–N with tert-alkyl or cyclic N) is 1. The lowest BCUT2D eigenvalue weighted by Crippen LogP contribution is -2.50. The number of carbonyl (C=O) groups is 1. The Morgan fingerprint density at radius 2 is 2.00 bits per heavy atom. The lowest BCUT2D eigenvalue weighted by molar-refractivity contribution is -0.161. The van der Waals surface area contributed by atoms with Crippen LogP contribution >= 0.6 is 0 Å². The van der Waals surface area contributed by atoms with E-state index in [1.807, 2.05) is 37.3 Å². The van der Waals surface area contributed by atoms with Gasteiger partial charge in [-0.25, -0.2) is 0 Å². The number of ether oxygens (including phenoxy) is 1. The molecule has 1 amide bonds. The van der Waals surface area contributed by atoms with Crippen molar-refractivity contribution in [1.29, 1.82) is 0 Å². The van der Waals surface area contributed by atoms with Gasteiger partial charge < -0.3 is 20.5 Å². The largest absolute Gasteiger partial charge is 0.491 e. The first-order chi connectivity index (χ1) is 15.3. The first-order valence-corrected chi connectivity index (χ1v) is 10.6. The van der Waals surface area contributed by atoms with Crippen molar-refractivity contribution in [2.75, 3.05) is 31.7 Å². The highest BCUT2D eigenvalue weighted by Crippen LogP contribution is 2.16. The highest BCUT2D eigenvalue weighted by Gasteiger charge is 2.18. The van der Waals surface area contributed by atoms with Crippen LogP contribution in [0.4, 0.5) is 5.82 Å². The van der Waals surface area contributed by atoms with Gasteiger partial charge in [-0.15, -0.1) is 10.3 Å². The van der Waals surface area contributed by atoms with Crippen LogP contribution in [0.2, 0.25) is 0 Å². The topological polar surface area (TPSA) is 121 Å². The average Bonchev–Trinajstić information content (AvgIpc) is 2.78. The molecule has 32 heavy (non-hydrogen) atoms. The van der Waals surface area contributed by atoms with Gasteiger partial charge in [0.1, 0.15) is 18.5 Å². The second-order valence-electron chi connectivity index (χ2n) is 7.97. The summed E-state index contributed by atoms with van der Waals surface area (Å²) in [6.45, 7) is 10.0. The summed E-state index contributed by atoms with van der Waals surface area (Å²) in [5.41, 5.74) is 4.24. The van der Waals surface area contributed by atoms with Crippen LogP contribution in [-0.4, -0.2) is 64.8 Å². The summed E-state index contributed by atoms with van der Waals surface area (Å²) in [6.07, 6.45) is -0.107. The van der Waals surface area contributed by atoms with Gasteiger partial charge in [0, 0.05) is 25.2 Å². The number of rotatable bonds is 15. The first-order valence-electron chi connectivity index (χ1n) is 10.6. The number of hydrazine groups is 1. The Morgan fingerprint density at radius 1 is 1.22 bits per heavy atom. The summed E-state index contributed by atoms with van der Waals surface area (Å²) in [4.78, 5) is 15.9. The molecule has 10 heteroatoms. The Hall–Kier alpha value is -2.79. The van der Waals surface area contributed by atoms with Crippen molar-refractivity contribution in [3.63, 3.8) is 0 Å². The zero-order chi connectivity index (χ0) is 23.4. The molecule has 2 rings (SSSR count). The Labute approximate surface area is 189 Å². The fourth-order valence-corrected chi connectivity index (χ4v) is 2.78. The third kappa shape index (κ3) is 9.15. The molecular formula is C22H34N6O4. The predicted octanol–water partition coefficient (Wildman–Crippen LogP) is 1.42. The van der Waals surface area contributed by atoms with Gasteiger partial charge in [-0.2, -0.15) is 5.10 Å². The number of benzene rings is 1. The van der Waals surface area contributed by atoms with E-state index in [4.69, 9.17) is 9.57 Å². The Morgan fingerprint density at radius 3 is 2.66 bits per heavy atom. The summed E-state index contributed by atoms with van der Waals surface area (Å²) in [5.74, 6) is 1.18. The number of hydrogen-bond donors (Lipinski definition) is 4. The number of hydroxylamine groups is 1. The summed E-state index contributed by atoms with van der Waals surface area (Å²) in [5, 5.41) is 26.0. The smallest absolute Gasteiger partial charge is 0.254 e. The lowest BCUT2D eigenvalue weighted by atomic mass is 10.1. The number of aliphatic hydroxyl groups is 1. The minimum atomic E-state index is -0.623. The predicted molar refractivity (Wildman–Crippen MR) is 122 cm³/mol. The molecule has 0 fully saturated rings. The van der Waals surface area contributed by atoms with Crippen molar-refractivity contribution in [2.24, 2.45) is 0 Å². The van der Waals surface area contributed by atoms with Crippen molar-refractivity contribution < 1.29 is 19.5 Å². The summed E-state index contributed by atoms with van der Waals surface area (Å²) in [6, 6.07) is 11.3. The van der Waals surface area contributed by atoms with Gasteiger partial charge in [0.05, 0.1) is 12.3 Å². The van der Waals surface area contributed by atoms with Gasteiger partial charge in [-0.05, 0) is 51.5 Å². The molecule has 1 unspecified atom stereocenters. The molecule has 0 bridgehead atoms. The molecule has 1 aromatic carbocycles. The second kappa shape index (κ2) is 12.9. The maximum atomic E-state index is 10.9. The van der Waals surface area contributed by atoms with Gasteiger partial charge in [-0.1, -0.05) is 18.2 Å². The van der Waals surface area contributed by atoms with Gasteiger partial charge in [0.2, 0.25) is 0 Å². The highest BCUT2D eigenvalue weighted by molar-refractivity contribution is 5.49. The molecule has 0 radical (unpaired) electrons. The van der Waals surface area contributed by atoms with Crippen molar-refractivity contribution in [1.82, 2.24) is 26.0 Å². The SMILES string of the molecule is CCON(C=O)Nc1ccc(CNCC(C)(C)NCC(O)COc2ccccc2C)nn1. The quantitative estimate of drug-likeness (QED) is 0.238. The second-order valence-corrected chi connectivity index (χ2v) is 7.97. The normalized spacial score (nSPS) is 12.3. The monoisotopic (exact) mass is 446 g/mol. The van der Waals surface area contributed by atoms with E-state index in [9.17, 15) is 9.90 Å². The van der Waals surface area contributed by atoms with Crippen LogP contribution in [0.5, 0.6) is 5.75 Å². The number of anilines is 1. The standard InChI is InChI=1S/C22H34N6O4/c1-5-32-28(16-29)27-21-11-10-18(25-26-21)12-23-15-22(3,4)24-13-19(30)14-31-20-9-7-6-8-17(20)2/h6-11,16,19,23-24,30H,5,12-15H2,1-4H3,(H,26,27). The molecule has 0 aliphatic heterocycles. The molecule has 0 aliphatic carbocycles. The average molecular weight is 447 g/mol. The van der Waals surface area contributed by atoms with E-state index in [2.05, 4.69) is 40.1 Å². The number of nitrogens with zero attached hydrogens (tertiary/aromatic N) is 3. The molecule has 0 aliphatic rings. The number of amides is 1. The summed E-state index contributed by atoms with van der Waals surface area (Å²) >= 11 is 0. The Balaban J connectivity index is 1.69. The molecule has 4 N–H and O–H groups in total. The van der Waals surface area contributed by atoms with Gasteiger partial charge in [-0.3, -0.25) is 15.1 Å². The number of aromatic nitrogens is 2. The van der Waals surface area contributed by atoms with Crippen molar-refractivity contribution >= 4 is 12.2 Å². The Kier molecular flexibility index (Phi) is 10.3. The fourth-order valence-electron chi connectivity index (χ4n) is 2.78. The fraction of sp³-hybridized carbons (Fsp3) is 0.500. The van der Waals surface area contributed by atoms with E-state index in [1.165, 1.54) is 0 Å². The number of aliphatic hydroxyl groups excluding tert-OH is 1. The number of hydrogen-bond acceptors (Lipinski definition) is 9. The number of nitrogens with one attached hydrogen (secondary N) is 3. The Bertz CT molecular complexity index is 818. The highest BCUT2D eigenvalue weighted by atomic mass is 16.7. The van der Waals surface area contributed by atoms with E-state index in [-0.39, 0.29) is 12.1 Å².